The van der Waals surface area contributed by atoms with Crippen LogP contribution in [0, 0.1) is 20.8 Å². The number of hydrogen-bond donors (Lipinski definition) is 3. The Morgan fingerprint density at radius 1 is 1.08 bits per heavy atom. The lowest BCUT2D eigenvalue weighted by Crippen LogP contribution is -2.62. The highest BCUT2D eigenvalue weighted by Gasteiger charge is 2.38. The minimum Gasteiger partial charge on any atom is -0.338 e. The molecule has 0 unspecified atom stereocenters. The van der Waals surface area contributed by atoms with Gasteiger partial charge in [-0.15, -0.1) is 0 Å². The Labute approximate surface area is 153 Å². The molecular formula is C21H35N3O. The summed E-state index contributed by atoms with van der Waals surface area (Å²) in [4.78, 5) is 12.3. The van der Waals surface area contributed by atoms with Gasteiger partial charge < -0.3 is 16.0 Å². The quantitative estimate of drug-likeness (QED) is 0.778. The third-order valence-electron chi connectivity index (χ3n) is 5.03. The zero-order valence-corrected chi connectivity index (χ0v) is 17.0. The molecule has 3 N–H and O–H groups in total. The van der Waals surface area contributed by atoms with Gasteiger partial charge in [0, 0.05) is 23.7 Å². The third-order valence-corrected chi connectivity index (χ3v) is 5.03. The van der Waals surface area contributed by atoms with Crippen molar-refractivity contribution in [1.82, 2.24) is 16.0 Å². The zero-order valence-electron chi connectivity index (χ0n) is 17.0. The lowest BCUT2D eigenvalue weighted by molar-refractivity contribution is 0.147. The molecule has 0 bridgehead atoms. The van der Waals surface area contributed by atoms with E-state index < -0.39 is 0 Å². The summed E-state index contributed by atoms with van der Waals surface area (Å²) in [5, 5.41) is 9.84. The maximum absolute atomic E-state index is 12.3. The summed E-state index contributed by atoms with van der Waals surface area (Å²) in [5.74, 6) is 0. The van der Waals surface area contributed by atoms with E-state index in [1.807, 2.05) is 0 Å². The van der Waals surface area contributed by atoms with Gasteiger partial charge in [0.05, 0.1) is 0 Å². The summed E-state index contributed by atoms with van der Waals surface area (Å²) < 4.78 is 0. The van der Waals surface area contributed by atoms with Gasteiger partial charge in [-0.3, -0.25) is 0 Å². The highest BCUT2D eigenvalue weighted by Crippen LogP contribution is 2.28. The molecule has 0 aliphatic carbocycles. The van der Waals surface area contributed by atoms with Crippen LogP contribution in [0.25, 0.3) is 0 Å². The monoisotopic (exact) mass is 345 g/mol. The van der Waals surface area contributed by atoms with Crippen LogP contribution in [0.1, 0.15) is 62.8 Å². The van der Waals surface area contributed by atoms with Crippen LogP contribution in [0.2, 0.25) is 0 Å². The SMILES string of the molecule is Cc1cc(C)c(CCNC(=O)NC2CC(C)(C)NC(C)(C)C2)c(C)c1. The van der Waals surface area contributed by atoms with Crippen molar-refractivity contribution in [2.75, 3.05) is 6.54 Å². The fraction of sp³-hybridized carbons (Fsp3) is 0.667. The summed E-state index contributed by atoms with van der Waals surface area (Å²) in [6.45, 7) is 15.9. The fourth-order valence-corrected chi connectivity index (χ4v) is 4.57. The van der Waals surface area contributed by atoms with Crippen LogP contribution in [0.3, 0.4) is 0 Å². The number of urea groups is 1. The van der Waals surface area contributed by atoms with Crippen molar-refractivity contribution in [1.29, 1.82) is 0 Å². The van der Waals surface area contributed by atoms with Crippen molar-refractivity contribution in [2.45, 2.75) is 84.8 Å². The Kier molecular flexibility index (Phi) is 5.82. The topological polar surface area (TPSA) is 53.2 Å². The Hall–Kier alpha value is -1.55. The van der Waals surface area contributed by atoms with Gasteiger partial charge in [0.2, 0.25) is 0 Å². The van der Waals surface area contributed by atoms with Crippen LogP contribution in [-0.2, 0) is 6.42 Å². The third kappa shape index (κ3) is 5.74. The molecule has 2 rings (SSSR count). The largest absolute Gasteiger partial charge is 0.338 e. The molecule has 0 aromatic heterocycles. The molecule has 0 radical (unpaired) electrons. The molecule has 1 heterocycles. The second-order valence-electron chi connectivity index (χ2n) is 9.03. The number of hydrogen-bond acceptors (Lipinski definition) is 2. The van der Waals surface area contributed by atoms with Gasteiger partial charge in [0.1, 0.15) is 0 Å². The molecular weight excluding hydrogens is 310 g/mol. The number of piperidine rings is 1. The lowest BCUT2D eigenvalue weighted by atomic mass is 9.80. The number of carbonyl (C=O) groups is 1. The van der Waals surface area contributed by atoms with Crippen LogP contribution < -0.4 is 16.0 Å². The van der Waals surface area contributed by atoms with Crippen LogP contribution >= 0.6 is 0 Å². The van der Waals surface area contributed by atoms with Crippen LogP contribution in [0.4, 0.5) is 4.79 Å². The predicted octanol–water partition coefficient (Wildman–Crippen LogP) is 3.76. The van der Waals surface area contributed by atoms with Crippen molar-refractivity contribution >= 4 is 6.03 Å². The van der Waals surface area contributed by atoms with Gasteiger partial charge in [0.15, 0.2) is 0 Å². The molecule has 1 aromatic rings. The number of rotatable bonds is 4. The van der Waals surface area contributed by atoms with Crippen LogP contribution in [-0.4, -0.2) is 29.7 Å². The van der Waals surface area contributed by atoms with Gasteiger partial charge in [0.25, 0.3) is 0 Å². The Morgan fingerprint density at radius 3 is 2.12 bits per heavy atom. The molecule has 1 fully saturated rings. The average molecular weight is 346 g/mol. The summed E-state index contributed by atoms with van der Waals surface area (Å²) in [6, 6.07) is 4.57. The first kappa shape index (κ1) is 19.8. The van der Waals surface area contributed by atoms with E-state index in [4.69, 9.17) is 0 Å². The highest BCUT2D eigenvalue weighted by molar-refractivity contribution is 5.74. The van der Waals surface area contributed by atoms with Gasteiger partial charge in [-0.2, -0.15) is 0 Å². The second-order valence-corrected chi connectivity index (χ2v) is 9.03. The molecule has 1 aliphatic heterocycles. The standard InChI is InChI=1S/C21H35N3O/c1-14-10-15(2)18(16(3)11-14)8-9-22-19(25)23-17-12-20(4,5)24-21(6,7)13-17/h10-11,17,24H,8-9,12-13H2,1-7H3,(H2,22,23,25). The van der Waals surface area contributed by atoms with Crippen molar-refractivity contribution in [3.63, 3.8) is 0 Å². The maximum atomic E-state index is 12.3. The van der Waals surface area contributed by atoms with E-state index in [1.165, 1.54) is 22.3 Å². The summed E-state index contributed by atoms with van der Waals surface area (Å²) in [5.41, 5.74) is 5.32. The summed E-state index contributed by atoms with van der Waals surface area (Å²) >= 11 is 0. The summed E-state index contributed by atoms with van der Waals surface area (Å²) in [6.07, 6.45) is 2.76. The molecule has 1 aliphatic rings. The fourth-order valence-electron chi connectivity index (χ4n) is 4.57. The predicted molar refractivity (Wildman–Crippen MR) is 105 cm³/mol. The molecule has 140 valence electrons. The van der Waals surface area contributed by atoms with Crippen molar-refractivity contribution in [3.8, 4) is 0 Å². The van der Waals surface area contributed by atoms with Gasteiger partial charge in [-0.05, 0) is 84.4 Å². The maximum Gasteiger partial charge on any atom is 0.315 e. The normalized spacial score (nSPS) is 19.5. The second kappa shape index (κ2) is 7.36. The molecule has 0 saturated carbocycles. The average Bonchev–Trinajstić information content (AvgIpc) is 2.37. The Morgan fingerprint density at radius 2 is 1.60 bits per heavy atom. The van der Waals surface area contributed by atoms with Crippen molar-refractivity contribution in [3.05, 3.63) is 34.4 Å². The smallest absolute Gasteiger partial charge is 0.315 e. The van der Waals surface area contributed by atoms with E-state index in [0.717, 1.165) is 19.3 Å². The lowest BCUT2D eigenvalue weighted by Gasteiger charge is -2.46. The number of amides is 2. The van der Waals surface area contributed by atoms with E-state index in [2.05, 4.69) is 76.5 Å². The highest BCUT2D eigenvalue weighted by atomic mass is 16.2. The number of aryl methyl sites for hydroxylation is 3. The molecule has 4 nitrogen and oxygen atoms in total. The minimum absolute atomic E-state index is 0.0375. The molecule has 0 spiro atoms. The Bertz CT molecular complexity index is 595. The zero-order chi connectivity index (χ0) is 18.8. The van der Waals surface area contributed by atoms with Gasteiger partial charge in [-0.25, -0.2) is 4.79 Å². The number of carbonyl (C=O) groups excluding carboxylic acids is 1. The van der Waals surface area contributed by atoms with Crippen molar-refractivity contribution < 1.29 is 4.79 Å². The molecule has 0 atom stereocenters. The van der Waals surface area contributed by atoms with E-state index in [0.29, 0.717) is 6.54 Å². The molecule has 2 amide bonds. The van der Waals surface area contributed by atoms with E-state index >= 15 is 0 Å². The van der Waals surface area contributed by atoms with E-state index in [9.17, 15) is 4.79 Å². The van der Waals surface area contributed by atoms with E-state index in [1.54, 1.807) is 0 Å². The Balaban J connectivity index is 1.85. The molecule has 25 heavy (non-hydrogen) atoms. The molecule has 1 aromatic carbocycles. The first-order valence-electron chi connectivity index (χ1n) is 9.38. The van der Waals surface area contributed by atoms with Crippen LogP contribution in [0.15, 0.2) is 12.1 Å². The number of benzene rings is 1. The first-order chi connectivity index (χ1) is 11.5. The van der Waals surface area contributed by atoms with Gasteiger partial charge >= 0.3 is 6.03 Å². The van der Waals surface area contributed by atoms with Crippen molar-refractivity contribution in [2.24, 2.45) is 0 Å². The minimum atomic E-state index is -0.0547. The van der Waals surface area contributed by atoms with Crippen LogP contribution in [0.5, 0.6) is 0 Å². The molecule has 4 heteroatoms. The first-order valence-corrected chi connectivity index (χ1v) is 9.38. The summed E-state index contributed by atoms with van der Waals surface area (Å²) in [7, 11) is 0. The van der Waals surface area contributed by atoms with E-state index in [-0.39, 0.29) is 23.2 Å². The molecule has 1 saturated heterocycles. The number of nitrogens with one attached hydrogen (secondary N) is 3. The van der Waals surface area contributed by atoms with Gasteiger partial charge in [-0.1, -0.05) is 17.7 Å².